The van der Waals surface area contributed by atoms with Gasteiger partial charge in [0.2, 0.25) is 0 Å². The molecule has 0 aliphatic carbocycles. The fourth-order valence-corrected chi connectivity index (χ4v) is 0.0582. The van der Waals surface area contributed by atoms with Crippen molar-refractivity contribution in [1.29, 1.82) is 0 Å². The van der Waals surface area contributed by atoms with Gasteiger partial charge in [0.25, 0.3) is 6.17 Å². The molecule has 0 heterocycles. The quantitative estimate of drug-likeness (QED) is 0.385. The van der Waals surface area contributed by atoms with Crippen LogP contribution < -0.4 is 0 Å². The largest absolute Gasteiger partial charge is 0.479 e. The van der Waals surface area contributed by atoms with Crippen LogP contribution in [0.5, 0.6) is 0 Å². The molecule has 1 N–H and O–H groups in total. The summed E-state index contributed by atoms with van der Waals surface area (Å²) in [4.78, 5) is 18.5. The van der Waals surface area contributed by atoms with Gasteiger partial charge in [-0.3, -0.25) is 4.79 Å². The Hall–Kier alpha value is -0.930. The van der Waals surface area contributed by atoms with Crippen LogP contribution in [0.2, 0.25) is 0 Å². The lowest BCUT2D eigenvalue weighted by atomic mass is 10.4. The molecule has 4 heteroatoms. The molecular weight excluding hydrogens is 103 g/mol. The number of carboxylic acids is 1. The molecule has 0 aromatic rings. The maximum atomic E-state index is 11.3. The third kappa shape index (κ3) is 1.86. The average Bonchev–Trinajstić information content (AvgIpc) is 1.65. The van der Waals surface area contributed by atoms with E-state index in [0.717, 1.165) is 0 Å². The van der Waals surface area contributed by atoms with Gasteiger partial charge in [-0.1, -0.05) is 0 Å². The molecule has 0 spiro atoms. The Morgan fingerprint density at radius 2 is 2.29 bits per heavy atom. The van der Waals surface area contributed by atoms with Crippen LogP contribution in [0.15, 0.2) is 0 Å². The van der Waals surface area contributed by atoms with Crippen molar-refractivity contribution in [3.63, 3.8) is 0 Å². The highest BCUT2D eigenvalue weighted by molar-refractivity contribution is 5.89. The van der Waals surface area contributed by atoms with E-state index >= 15 is 0 Å². The summed E-state index contributed by atoms with van der Waals surface area (Å²) in [5, 5.41) is 7.58. The van der Waals surface area contributed by atoms with Gasteiger partial charge < -0.3 is 5.11 Å². The number of halogens is 1. The number of aliphatic carboxylic acids is 1. The second kappa shape index (κ2) is 2.28. The summed E-state index contributed by atoms with van der Waals surface area (Å²) < 4.78 is 11.3. The summed E-state index contributed by atoms with van der Waals surface area (Å²) in [7, 11) is 0. The summed E-state index contributed by atoms with van der Waals surface area (Å²) >= 11 is 0. The fraction of sp³-hybridized carbons (Fsp3) is 0.333. The molecule has 1 unspecified atom stereocenters. The van der Waals surface area contributed by atoms with Gasteiger partial charge in [-0.25, -0.2) is 9.18 Å². The first-order valence-corrected chi connectivity index (χ1v) is 1.50. The SMILES string of the molecule is O=CC(F)C(=O)O. The topological polar surface area (TPSA) is 54.4 Å². The van der Waals surface area contributed by atoms with E-state index < -0.39 is 12.1 Å². The first-order chi connectivity index (χ1) is 3.18. The van der Waals surface area contributed by atoms with Gasteiger partial charge in [0.15, 0.2) is 6.29 Å². The molecule has 0 radical (unpaired) electrons. The Bertz CT molecular complexity index is 90.2. The monoisotopic (exact) mass is 106 g/mol. The van der Waals surface area contributed by atoms with Crippen LogP contribution in [-0.4, -0.2) is 23.5 Å². The maximum absolute atomic E-state index is 11.3. The molecule has 0 rings (SSSR count). The first-order valence-electron chi connectivity index (χ1n) is 1.50. The highest BCUT2D eigenvalue weighted by Gasteiger charge is 2.11. The third-order valence-electron chi connectivity index (χ3n) is 0.355. The molecule has 7 heavy (non-hydrogen) atoms. The zero-order chi connectivity index (χ0) is 5.86. The van der Waals surface area contributed by atoms with E-state index in [1.165, 1.54) is 0 Å². The number of hydrogen-bond donors (Lipinski definition) is 1. The van der Waals surface area contributed by atoms with Crippen LogP contribution in [0, 0.1) is 0 Å². The lowest BCUT2D eigenvalue weighted by Crippen LogP contribution is -2.14. The number of carboxylic acid groups (broad SMARTS) is 1. The predicted octanol–water partition coefficient (Wildman–Crippen LogP) is -0.392. The molecule has 0 saturated carbocycles. The second-order valence-corrected chi connectivity index (χ2v) is 0.876. The Labute approximate surface area is 38.8 Å². The molecule has 0 fully saturated rings. The van der Waals surface area contributed by atoms with Crippen LogP contribution >= 0.6 is 0 Å². The number of carbonyl (C=O) groups excluding carboxylic acids is 1. The zero-order valence-electron chi connectivity index (χ0n) is 3.30. The van der Waals surface area contributed by atoms with Gasteiger partial charge in [0.1, 0.15) is 0 Å². The standard InChI is InChI=1S/C3H3FO3/c4-2(1-5)3(6)7/h1-2H,(H,6,7). The Balaban J connectivity index is 3.55. The van der Waals surface area contributed by atoms with Crippen molar-refractivity contribution in [1.82, 2.24) is 0 Å². The normalized spacial score (nSPS) is 12.7. The summed E-state index contributed by atoms with van der Waals surface area (Å²) in [6, 6.07) is 0. The second-order valence-electron chi connectivity index (χ2n) is 0.876. The molecule has 0 aliphatic rings. The van der Waals surface area contributed by atoms with Gasteiger partial charge in [-0.15, -0.1) is 0 Å². The lowest BCUT2D eigenvalue weighted by Gasteiger charge is -1.84. The van der Waals surface area contributed by atoms with Crippen LogP contribution in [0.3, 0.4) is 0 Å². The van der Waals surface area contributed by atoms with E-state index in [-0.39, 0.29) is 6.29 Å². The average molecular weight is 106 g/mol. The molecule has 0 aliphatic heterocycles. The molecule has 0 aromatic carbocycles. The number of hydrogen-bond acceptors (Lipinski definition) is 2. The van der Waals surface area contributed by atoms with Crippen molar-refractivity contribution in [2.45, 2.75) is 6.17 Å². The zero-order valence-corrected chi connectivity index (χ0v) is 3.30. The van der Waals surface area contributed by atoms with E-state index in [0.29, 0.717) is 0 Å². The minimum Gasteiger partial charge on any atom is -0.479 e. The van der Waals surface area contributed by atoms with Crippen molar-refractivity contribution < 1.29 is 19.1 Å². The van der Waals surface area contributed by atoms with Crippen molar-refractivity contribution in [2.75, 3.05) is 0 Å². The first kappa shape index (κ1) is 6.07. The summed E-state index contributed by atoms with van der Waals surface area (Å²) in [6.45, 7) is 0. The molecule has 0 saturated heterocycles. The maximum Gasteiger partial charge on any atom is 0.345 e. The van der Waals surface area contributed by atoms with E-state index in [4.69, 9.17) is 5.11 Å². The van der Waals surface area contributed by atoms with Crippen LogP contribution in [-0.2, 0) is 9.59 Å². The van der Waals surface area contributed by atoms with E-state index in [1.54, 1.807) is 0 Å². The molecular formula is C3H3FO3. The van der Waals surface area contributed by atoms with Crippen molar-refractivity contribution in [2.24, 2.45) is 0 Å². The highest BCUT2D eigenvalue weighted by atomic mass is 19.1. The lowest BCUT2D eigenvalue weighted by molar-refractivity contribution is -0.144. The van der Waals surface area contributed by atoms with Crippen molar-refractivity contribution in [3.8, 4) is 0 Å². The number of carbonyl (C=O) groups is 2. The Kier molecular flexibility index (Phi) is 1.98. The minimum absolute atomic E-state index is 0.275. The fourth-order valence-electron chi connectivity index (χ4n) is 0.0582. The molecule has 1 atom stereocenters. The number of alkyl halides is 1. The van der Waals surface area contributed by atoms with Crippen LogP contribution in [0.25, 0.3) is 0 Å². The number of rotatable bonds is 2. The van der Waals surface area contributed by atoms with Gasteiger partial charge in [0, 0.05) is 0 Å². The molecule has 0 amide bonds. The Morgan fingerprint density at radius 3 is 2.29 bits per heavy atom. The van der Waals surface area contributed by atoms with Gasteiger partial charge >= 0.3 is 5.97 Å². The molecule has 0 bridgehead atoms. The summed E-state index contributed by atoms with van der Waals surface area (Å²) in [6.07, 6.45) is -2.64. The van der Waals surface area contributed by atoms with Crippen LogP contribution in [0.1, 0.15) is 0 Å². The van der Waals surface area contributed by atoms with Crippen LogP contribution in [0.4, 0.5) is 4.39 Å². The van der Waals surface area contributed by atoms with Crippen molar-refractivity contribution >= 4 is 12.3 Å². The van der Waals surface area contributed by atoms with Gasteiger partial charge in [-0.2, -0.15) is 0 Å². The molecule has 0 aromatic heterocycles. The third-order valence-corrected chi connectivity index (χ3v) is 0.355. The number of aldehydes is 1. The van der Waals surface area contributed by atoms with Gasteiger partial charge in [0.05, 0.1) is 0 Å². The summed E-state index contributed by atoms with van der Waals surface area (Å²) in [5.41, 5.74) is 0. The minimum atomic E-state index is -2.36. The van der Waals surface area contributed by atoms with Crippen molar-refractivity contribution in [3.05, 3.63) is 0 Å². The predicted molar refractivity (Wildman–Crippen MR) is 18.6 cm³/mol. The molecule has 3 nitrogen and oxygen atoms in total. The Morgan fingerprint density at radius 1 is 1.86 bits per heavy atom. The van der Waals surface area contributed by atoms with E-state index in [1.807, 2.05) is 0 Å². The summed E-state index contributed by atoms with van der Waals surface area (Å²) in [5.74, 6) is -1.74. The molecule has 40 valence electrons. The smallest absolute Gasteiger partial charge is 0.345 e. The van der Waals surface area contributed by atoms with Gasteiger partial charge in [-0.05, 0) is 0 Å². The highest BCUT2D eigenvalue weighted by Crippen LogP contribution is 1.81. The van der Waals surface area contributed by atoms with E-state index in [9.17, 15) is 14.0 Å². The van der Waals surface area contributed by atoms with E-state index in [2.05, 4.69) is 0 Å².